The quantitative estimate of drug-likeness (QED) is 0.710. The van der Waals surface area contributed by atoms with Gasteiger partial charge in [-0.3, -0.25) is 4.99 Å². The van der Waals surface area contributed by atoms with Crippen molar-refractivity contribution in [2.75, 3.05) is 6.54 Å². The largest absolute Gasteiger partial charge is 0.357 e. The van der Waals surface area contributed by atoms with Crippen molar-refractivity contribution >= 4 is 5.84 Å². The van der Waals surface area contributed by atoms with E-state index in [0.29, 0.717) is 0 Å². The van der Waals surface area contributed by atoms with Crippen molar-refractivity contribution in [2.45, 2.75) is 20.3 Å². The van der Waals surface area contributed by atoms with E-state index in [9.17, 15) is 0 Å². The topological polar surface area (TPSA) is 48.5 Å². The Bertz CT molecular complexity index is 504. The van der Waals surface area contributed by atoms with E-state index in [0.717, 1.165) is 36.0 Å². The van der Waals surface area contributed by atoms with Crippen LogP contribution in [0.15, 0.2) is 64.9 Å². The minimum Gasteiger partial charge on any atom is -0.357 e. The number of nitrogens with one attached hydrogen (secondary N) is 3. The molecule has 4 nitrogen and oxygen atoms in total. The molecule has 19 heavy (non-hydrogen) atoms. The molecule has 0 saturated heterocycles. The van der Waals surface area contributed by atoms with Crippen molar-refractivity contribution in [2.24, 2.45) is 4.99 Å². The zero-order chi connectivity index (χ0) is 13.5. The second-order valence-corrected chi connectivity index (χ2v) is 4.22. The second-order valence-electron chi connectivity index (χ2n) is 4.22. The maximum atomic E-state index is 4.41. The van der Waals surface area contributed by atoms with Gasteiger partial charge in [0.1, 0.15) is 11.7 Å². The van der Waals surface area contributed by atoms with Crippen molar-refractivity contribution in [3.8, 4) is 0 Å². The maximum absolute atomic E-state index is 4.41. The number of allylic oxidation sites excluding steroid dienone is 4. The first-order valence-electron chi connectivity index (χ1n) is 6.55. The van der Waals surface area contributed by atoms with Crippen LogP contribution >= 0.6 is 0 Å². The van der Waals surface area contributed by atoms with E-state index < -0.39 is 0 Å². The van der Waals surface area contributed by atoms with Gasteiger partial charge in [-0.2, -0.15) is 0 Å². The monoisotopic (exact) mass is 256 g/mol. The predicted octanol–water partition coefficient (Wildman–Crippen LogP) is 2.29. The normalized spacial score (nSPS) is 23.1. The van der Waals surface area contributed by atoms with Crippen molar-refractivity contribution in [1.82, 2.24) is 16.0 Å². The smallest absolute Gasteiger partial charge is 0.126 e. The standard InChI is InChI=1S/C15H20N4/c1-3-5-8-13-12(4-2)17-11-15(18-13)19-14-9-6-7-10-16-14/h3-6,8-9,11,17-18H,7,10H2,1-2H3,(H,16,19)/b5-3-,12-4+,13-8+. The van der Waals surface area contributed by atoms with E-state index in [-0.39, 0.29) is 0 Å². The van der Waals surface area contributed by atoms with Crippen LogP contribution in [0.4, 0.5) is 0 Å². The highest BCUT2D eigenvalue weighted by Gasteiger charge is 2.12. The third-order valence-electron chi connectivity index (χ3n) is 2.79. The molecule has 0 radical (unpaired) electrons. The van der Waals surface area contributed by atoms with E-state index in [1.807, 2.05) is 50.4 Å². The molecule has 0 unspecified atom stereocenters. The van der Waals surface area contributed by atoms with Gasteiger partial charge in [-0.05, 0) is 32.4 Å². The number of rotatable bonds is 2. The van der Waals surface area contributed by atoms with Gasteiger partial charge in [0.15, 0.2) is 0 Å². The maximum Gasteiger partial charge on any atom is 0.126 e. The first-order chi connectivity index (χ1) is 9.33. The van der Waals surface area contributed by atoms with Gasteiger partial charge in [0.05, 0.1) is 11.4 Å². The number of hydrogen-bond donors (Lipinski definition) is 3. The summed E-state index contributed by atoms with van der Waals surface area (Å²) in [6.07, 6.45) is 15.1. The first-order valence-corrected chi connectivity index (χ1v) is 6.55. The molecule has 2 heterocycles. The average Bonchev–Trinajstić information content (AvgIpc) is 2.46. The lowest BCUT2D eigenvalue weighted by atomic mass is 10.2. The molecule has 2 aliphatic rings. The number of dihydropyridines is 1. The Hall–Kier alpha value is -2.23. The Labute approximate surface area is 114 Å². The summed E-state index contributed by atoms with van der Waals surface area (Å²) in [5.74, 6) is 1.78. The Morgan fingerprint density at radius 3 is 2.89 bits per heavy atom. The number of aliphatic imine (C=N–C) groups is 1. The molecule has 0 aromatic carbocycles. The summed E-state index contributed by atoms with van der Waals surface area (Å²) >= 11 is 0. The van der Waals surface area contributed by atoms with Crippen LogP contribution in [0.2, 0.25) is 0 Å². The fourth-order valence-corrected chi connectivity index (χ4v) is 1.83. The summed E-state index contributed by atoms with van der Waals surface area (Å²) in [6.45, 7) is 4.86. The van der Waals surface area contributed by atoms with E-state index >= 15 is 0 Å². The van der Waals surface area contributed by atoms with Crippen LogP contribution in [0.3, 0.4) is 0 Å². The molecule has 4 heteroatoms. The molecule has 0 atom stereocenters. The molecule has 0 spiro atoms. The minimum atomic E-state index is 0.848. The third-order valence-corrected chi connectivity index (χ3v) is 2.79. The molecule has 0 aliphatic carbocycles. The number of nitrogens with zero attached hydrogens (tertiary/aromatic N) is 1. The second kappa shape index (κ2) is 6.64. The van der Waals surface area contributed by atoms with Gasteiger partial charge in [0.2, 0.25) is 0 Å². The van der Waals surface area contributed by atoms with Gasteiger partial charge in [0.25, 0.3) is 0 Å². The van der Waals surface area contributed by atoms with Crippen LogP contribution < -0.4 is 16.0 Å². The molecule has 3 N–H and O–H groups in total. The number of hydrogen-bond acceptors (Lipinski definition) is 4. The Morgan fingerprint density at radius 1 is 1.32 bits per heavy atom. The van der Waals surface area contributed by atoms with Crippen molar-refractivity contribution in [3.63, 3.8) is 0 Å². The lowest BCUT2D eigenvalue weighted by molar-refractivity contribution is 0.799. The Morgan fingerprint density at radius 2 is 2.21 bits per heavy atom. The summed E-state index contributed by atoms with van der Waals surface area (Å²) in [5, 5.41) is 9.88. The molecule has 0 amide bonds. The molecule has 0 bridgehead atoms. The minimum absolute atomic E-state index is 0.848. The van der Waals surface area contributed by atoms with Gasteiger partial charge in [-0.25, -0.2) is 0 Å². The molecular weight excluding hydrogens is 236 g/mol. The molecule has 0 fully saturated rings. The van der Waals surface area contributed by atoms with Crippen LogP contribution in [-0.2, 0) is 0 Å². The predicted molar refractivity (Wildman–Crippen MR) is 80.2 cm³/mol. The fourth-order valence-electron chi connectivity index (χ4n) is 1.83. The van der Waals surface area contributed by atoms with Crippen LogP contribution in [0.1, 0.15) is 20.3 Å². The molecular formula is C15H20N4. The summed E-state index contributed by atoms with van der Waals surface area (Å²) < 4.78 is 0. The molecule has 100 valence electrons. The molecule has 2 rings (SSSR count). The van der Waals surface area contributed by atoms with Crippen LogP contribution in [0.5, 0.6) is 0 Å². The van der Waals surface area contributed by atoms with Crippen LogP contribution in [-0.4, -0.2) is 12.4 Å². The molecule has 2 aliphatic heterocycles. The van der Waals surface area contributed by atoms with Crippen molar-refractivity contribution < 1.29 is 0 Å². The average molecular weight is 256 g/mol. The molecule has 0 saturated carbocycles. The Balaban J connectivity index is 2.09. The lowest BCUT2D eigenvalue weighted by Crippen LogP contribution is -2.37. The number of amidine groups is 1. The zero-order valence-electron chi connectivity index (χ0n) is 11.4. The molecule has 0 aromatic heterocycles. The van der Waals surface area contributed by atoms with Gasteiger partial charge < -0.3 is 16.0 Å². The van der Waals surface area contributed by atoms with E-state index in [1.165, 1.54) is 0 Å². The van der Waals surface area contributed by atoms with Crippen LogP contribution in [0.25, 0.3) is 0 Å². The Kier molecular flexibility index (Phi) is 4.61. The lowest BCUT2D eigenvalue weighted by Gasteiger charge is -2.23. The van der Waals surface area contributed by atoms with Crippen molar-refractivity contribution in [1.29, 1.82) is 0 Å². The van der Waals surface area contributed by atoms with E-state index in [4.69, 9.17) is 0 Å². The van der Waals surface area contributed by atoms with Gasteiger partial charge in [-0.15, -0.1) is 0 Å². The SMILES string of the molecule is C\C=C/C=C1/NC(NC2=NCCC=C2)=CN/C1=C/C. The summed E-state index contributed by atoms with van der Waals surface area (Å²) in [6, 6.07) is 0. The van der Waals surface area contributed by atoms with E-state index in [1.54, 1.807) is 0 Å². The third kappa shape index (κ3) is 3.61. The van der Waals surface area contributed by atoms with Crippen molar-refractivity contribution in [3.05, 3.63) is 59.9 Å². The highest BCUT2D eigenvalue weighted by molar-refractivity contribution is 5.94. The first kappa shape index (κ1) is 13.2. The van der Waals surface area contributed by atoms with Gasteiger partial charge >= 0.3 is 0 Å². The zero-order valence-corrected chi connectivity index (χ0v) is 11.4. The van der Waals surface area contributed by atoms with Gasteiger partial charge in [-0.1, -0.05) is 24.3 Å². The van der Waals surface area contributed by atoms with E-state index in [2.05, 4.69) is 27.0 Å². The van der Waals surface area contributed by atoms with Crippen LogP contribution in [0, 0.1) is 0 Å². The van der Waals surface area contributed by atoms with Gasteiger partial charge in [0, 0.05) is 12.7 Å². The highest BCUT2D eigenvalue weighted by atomic mass is 15.2. The summed E-state index contributed by atoms with van der Waals surface area (Å²) in [7, 11) is 0. The highest BCUT2D eigenvalue weighted by Crippen LogP contribution is 2.10. The summed E-state index contributed by atoms with van der Waals surface area (Å²) in [5.41, 5.74) is 2.09. The molecule has 0 aromatic rings. The fraction of sp³-hybridized carbons (Fsp3) is 0.267. The summed E-state index contributed by atoms with van der Waals surface area (Å²) in [4.78, 5) is 4.41.